The maximum atomic E-state index is 13.9. The number of carbonyl (C=O) groups excluding carboxylic acids is 2. The monoisotopic (exact) mass is 613 g/mol. The molecule has 228 valence electrons. The number of halogens is 1. The number of pyridine rings is 1. The second-order valence-corrected chi connectivity index (χ2v) is 11.9. The van der Waals surface area contributed by atoms with Crippen LogP contribution >= 0.6 is 11.6 Å². The summed E-state index contributed by atoms with van der Waals surface area (Å²) in [7, 11) is 3.59. The number of nitrogens with zero attached hydrogens (tertiary/aromatic N) is 5. The molecule has 0 radical (unpaired) electrons. The summed E-state index contributed by atoms with van der Waals surface area (Å²) in [5.74, 6) is -1.53. The number of aromatic nitrogens is 5. The number of amides is 2. The first-order chi connectivity index (χ1) is 21.0. The lowest BCUT2D eigenvalue weighted by Gasteiger charge is -2.33. The lowest BCUT2D eigenvalue weighted by Crippen LogP contribution is -2.51. The van der Waals surface area contributed by atoms with Crippen LogP contribution in [0.2, 0.25) is 0 Å². The van der Waals surface area contributed by atoms with Gasteiger partial charge in [0.1, 0.15) is 11.7 Å². The molecule has 11 heteroatoms. The molecule has 4 aromatic rings. The average molecular weight is 614 g/mol. The van der Waals surface area contributed by atoms with Gasteiger partial charge in [0, 0.05) is 50.2 Å². The number of imidazole rings is 1. The smallest absolute Gasteiger partial charge is 0.270 e. The maximum Gasteiger partial charge on any atom is 0.270 e. The van der Waals surface area contributed by atoms with Crippen LogP contribution in [0.25, 0.3) is 16.8 Å². The molecule has 44 heavy (non-hydrogen) atoms. The highest BCUT2D eigenvalue weighted by Gasteiger charge is 2.36. The normalized spacial score (nSPS) is 17.7. The van der Waals surface area contributed by atoms with E-state index in [2.05, 4.69) is 20.7 Å². The third-order valence-corrected chi connectivity index (χ3v) is 8.48. The van der Waals surface area contributed by atoms with Gasteiger partial charge in [0.05, 0.1) is 23.6 Å². The molecule has 3 unspecified atom stereocenters. The van der Waals surface area contributed by atoms with Crippen LogP contribution in [-0.2, 0) is 18.9 Å². The maximum absolute atomic E-state index is 13.9. The highest BCUT2D eigenvalue weighted by molar-refractivity contribution is 6.22. The van der Waals surface area contributed by atoms with E-state index in [1.54, 1.807) is 42.3 Å². The topological polar surface area (TPSA) is 116 Å². The first kappa shape index (κ1) is 30.7. The molecule has 0 fully saturated rings. The number of anilines is 1. The first-order valence-corrected chi connectivity index (χ1v) is 14.9. The van der Waals surface area contributed by atoms with E-state index in [0.29, 0.717) is 11.4 Å². The standard InChI is InChI=1S/C33H36ClN7O3/c1-20(2)41-18-24(9-13-30(41)42)23-8-12-27(34)26(16-23)21(3)31(38-32(43)28-14-15-36-40(28)5)33(44)37-25-10-6-22(7-11-25)29-17-35-19-39(29)4/h6-21,26-27,31H,1-5H3,(H,37,44)(H,38,43)/t21?,26?,27?,31-/m0/s1. The Morgan fingerprint density at radius 1 is 1.00 bits per heavy atom. The van der Waals surface area contributed by atoms with E-state index in [0.717, 1.165) is 22.4 Å². The van der Waals surface area contributed by atoms with E-state index in [1.165, 1.54) is 10.9 Å². The predicted molar refractivity (Wildman–Crippen MR) is 172 cm³/mol. The SMILES string of the molecule is CC(C1C=C(c2ccc(=O)n(C(C)C)c2)C=CC1Cl)[C@H](NC(=O)c1ccnn1C)C(=O)Nc1ccc(-c2cncn2C)cc1. The van der Waals surface area contributed by atoms with Crippen LogP contribution in [0.15, 0.2) is 90.4 Å². The van der Waals surface area contributed by atoms with Crippen molar-refractivity contribution in [3.8, 4) is 11.3 Å². The second kappa shape index (κ2) is 12.9. The largest absolute Gasteiger partial charge is 0.339 e. The van der Waals surface area contributed by atoms with Crippen molar-refractivity contribution < 1.29 is 9.59 Å². The van der Waals surface area contributed by atoms with Crippen LogP contribution in [0.4, 0.5) is 5.69 Å². The summed E-state index contributed by atoms with van der Waals surface area (Å²) in [6, 6.07) is 11.5. The van der Waals surface area contributed by atoms with Crippen molar-refractivity contribution in [3.05, 3.63) is 107 Å². The number of benzene rings is 1. The molecule has 3 heterocycles. The molecule has 2 amide bonds. The van der Waals surface area contributed by atoms with E-state index in [-0.39, 0.29) is 23.4 Å². The second-order valence-electron chi connectivity index (χ2n) is 11.4. The minimum atomic E-state index is -0.936. The minimum absolute atomic E-state index is 0.000365. The Morgan fingerprint density at radius 2 is 1.73 bits per heavy atom. The lowest BCUT2D eigenvalue weighted by molar-refractivity contribution is -0.119. The van der Waals surface area contributed by atoms with Crippen LogP contribution in [0, 0.1) is 11.8 Å². The van der Waals surface area contributed by atoms with Gasteiger partial charge in [0.25, 0.3) is 11.5 Å². The van der Waals surface area contributed by atoms with E-state index in [1.807, 2.05) is 81.1 Å². The third-order valence-electron chi connectivity index (χ3n) is 8.05. The van der Waals surface area contributed by atoms with Gasteiger partial charge in [-0.3, -0.25) is 19.1 Å². The zero-order valence-electron chi connectivity index (χ0n) is 25.3. The highest BCUT2D eigenvalue weighted by atomic mass is 35.5. The van der Waals surface area contributed by atoms with Crippen LogP contribution in [0.3, 0.4) is 0 Å². The molecule has 0 saturated heterocycles. The van der Waals surface area contributed by atoms with Gasteiger partial charge in [-0.25, -0.2) is 4.98 Å². The number of hydrogen-bond donors (Lipinski definition) is 2. The van der Waals surface area contributed by atoms with Crippen LogP contribution in [0.5, 0.6) is 0 Å². The highest BCUT2D eigenvalue weighted by Crippen LogP contribution is 2.34. The molecule has 0 bridgehead atoms. The minimum Gasteiger partial charge on any atom is -0.339 e. The fourth-order valence-electron chi connectivity index (χ4n) is 5.44. The summed E-state index contributed by atoms with van der Waals surface area (Å²) in [6.45, 7) is 5.81. The van der Waals surface area contributed by atoms with Gasteiger partial charge in [-0.1, -0.05) is 37.3 Å². The van der Waals surface area contributed by atoms with Crippen LogP contribution < -0.4 is 16.2 Å². The number of aryl methyl sites for hydroxylation is 2. The van der Waals surface area contributed by atoms with Crippen molar-refractivity contribution in [2.45, 2.75) is 38.2 Å². The number of allylic oxidation sites excluding steroid dienone is 4. The average Bonchev–Trinajstić information content (AvgIpc) is 3.64. The van der Waals surface area contributed by atoms with Crippen LogP contribution in [-0.4, -0.2) is 47.1 Å². The fraction of sp³-hybridized carbons (Fsp3) is 0.303. The van der Waals surface area contributed by atoms with Gasteiger partial charge < -0.3 is 19.8 Å². The fourth-order valence-corrected chi connectivity index (χ4v) is 5.82. The van der Waals surface area contributed by atoms with Gasteiger partial charge in [-0.15, -0.1) is 11.6 Å². The summed E-state index contributed by atoms with van der Waals surface area (Å²) >= 11 is 6.83. The van der Waals surface area contributed by atoms with Gasteiger partial charge >= 0.3 is 0 Å². The van der Waals surface area contributed by atoms with Crippen molar-refractivity contribution in [2.24, 2.45) is 25.9 Å². The molecular formula is C33H36ClN7O3. The van der Waals surface area contributed by atoms with Crippen LogP contribution in [0.1, 0.15) is 42.9 Å². The number of hydrogen-bond acceptors (Lipinski definition) is 5. The molecule has 4 atom stereocenters. The number of rotatable bonds is 9. The molecule has 1 aliphatic rings. The van der Waals surface area contributed by atoms with Crippen molar-refractivity contribution in [2.75, 3.05) is 5.32 Å². The molecule has 3 aromatic heterocycles. The lowest BCUT2D eigenvalue weighted by atomic mass is 9.80. The molecule has 10 nitrogen and oxygen atoms in total. The van der Waals surface area contributed by atoms with E-state index < -0.39 is 23.2 Å². The van der Waals surface area contributed by atoms with Crippen molar-refractivity contribution in [3.63, 3.8) is 0 Å². The zero-order chi connectivity index (χ0) is 31.5. The van der Waals surface area contributed by atoms with E-state index >= 15 is 0 Å². The number of carbonyl (C=O) groups is 2. The van der Waals surface area contributed by atoms with Crippen molar-refractivity contribution >= 4 is 34.7 Å². The Hall–Kier alpha value is -4.70. The Balaban J connectivity index is 1.44. The van der Waals surface area contributed by atoms with Crippen molar-refractivity contribution in [1.82, 2.24) is 29.2 Å². The molecule has 1 aromatic carbocycles. The Bertz CT molecular complexity index is 1780. The zero-order valence-corrected chi connectivity index (χ0v) is 26.1. The molecular weight excluding hydrogens is 578 g/mol. The summed E-state index contributed by atoms with van der Waals surface area (Å²) in [5, 5.41) is 9.59. The van der Waals surface area contributed by atoms with E-state index in [9.17, 15) is 14.4 Å². The summed E-state index contributed by atoms with van der Waals surface area (Å²) in [5.41, 5.74) is 4.49. The Labute approximate surface area is 261 Å². The first-order valence-electron chi connectivity index (χ1n) is 14.5. The predicted octanol–water partition coefficient (Wildman–Crippen LogP) is 4.81. The van der Waals surface area contributed by atoms with Crippen molar-refractivity contribution in [1.29, 1.82) is 0 Å². The molecule has 5 rings (SSSR count). The number of nitrogens with one attached hydrogen (secondary N) is 2. The van der Waals surface area contributed by atoms with Gasteiger partial charge in [0.15, 0.2) is 0 Å². The molecule has 0 spiro atoms. The summed E-state index contributed by atoms with van der Waals surface area (Å²) in [4.78, 5) is 43.8. The van der Waals surface area contributed by atoms with Gasteiger partial charge in [-0.05, 0) is 60.7 Å². The quantitative estimate of drug-likeness (QED) is 0.263. The van der Waals surface area contributed by atoms with Gasteiger partial charge in [-0.2, -0.15) is 5.10 Å². The number of alkyl halides is 1. The molecule has 2 N–H and O–H groups in total. The Morgan fingerprint density at radius 3 is 2.36 bits per heavy atom. The van der Waals surface area contributed by atoms with E-state index in [4.69, 9.17) is 11.6 Å². The third kappa shape index (κ3) is 6.45. The molecule has 0 aliphatic heterocycles. The summed E-state index contributed by atoms with van der Waals surface area (Å²) in [6.07, 6.45) is 12.7. The molecule has 0 saturated carbocycles. The molecule has 1 aliphatic carbocycles. The summed E-state index contributed by atoms with van der Waals surface area (Å²) < 4.78 is 5.06. The Kier molecular flexibility index (Phi) is 9.01. The van der Waals surface area contributed by atoms with Gasteiger partial charge in [0.2, 0.25) is 5.91 Å².